The smallest absolute Gasteiger partial charge is 0.307 e. The minimum Gasteiger partial charge on any atom is -0.469 e. The van der Waals surface area contributed by atoms with Gasteiger partial charge in [0, 0.05) is 12.0 Å². The summed E-state index contributed by atoms with van der Waals surface area (Å²) in [5.74, 6) is -0.760. The summed E-state index contributed by atoms with van der Waals surface area (Å²) >= 11 is 0. The van der Waals surface area contributed by atoms with Crippen molar-refractivity contribution in [2.45, 2.75) is 43.7 Å². The average Bonchev–Trinajstić information content (AvgIpc) is 3.07. The van der Waals surface area contributed by atoms with Crippen LogP contribution in [0.15, 0.2) is 65.6 Å². The van der Waals surface area contributed by atoms with Gasteiger partial charge in [0.2, 0.25) is 10.0 Å². The van der Waals surface area contributed by atoms with Gasteiger partial charge in [-0.2, -0.15) is 4.31 Å². The molecule has 0 unspecified atom stereocenters. The molecule has 0 amide bonds. The second-order valence-corrected chi connectivity index (χ2v) is 9.12. The molecule has 7 heteroatoms. The normalized spacial score (nSPS) is 18.6. The number of ketones is 1. The number of carbonyl (C=O) groups is 2. The molecule has 0 bridgehead atoms. The van der Waals surface area contributed by atoms with Crippen LogP contribution in [-0.4, -0.2) is 31.6 Å². The number of benzene rings is 2. The van der Waals surface area contributed by atoms with Crippen molar-refractivity contribution in [3.8, 4) is 0 Å². The Kier molecular flexibility index (Phi) is 6.24. The Morgan fingerprint density at radius 3 is 2.23 bits per heavy atom. The monoisotopic (exact) mass is 427 g/mol. The first-order valence-electron chi connectivity index (χ1n) is 9.70. The van der Waals surface area contributed by atoms with E-state index in [1.165, 1.54) is 23.5 Å². The minimum atomic E-state index is -4.05. The molecule has 0 spiro atoms. The molecule has 0 saturated carbocycles. The van der Waals surface area contributed by atoms with Gasteiger partial charge in [0.25, 0.3) is 0 Å². The standard InChI is InChI=1S/C23H25NO5S/c1-5-21(25)16(3)23-19-9-7-6-8-18(19)20(14-22(26)29-4)24(23)30(27,28)17-12-10-15(2)11-13-17/h6-13,20,23H,3,5,14H2,1-2,4H3/t20-,23+/m1/s1. The van der Waals surface area contributed by atoms with Gasteiger partial charge in [-0.1, -0.05) is 55.5 Å². The zero-order valence-electron chi connectivity index (χ0n) is 17.3. The van der Waals surface area contributed by atoms with E-state index in [0.717, 1.165) is 5.56 Å². The molecule has 1 aliphatic rings. The van der Waals surface area contributed by atoms with Crippen LogP contribution in [0.5, 0.6) is 0 Å². The lowest BCUT2D eigenvalue weighted by atomic mass is 9.95. The van der Waals surface area contributed by atoms with Crippen LogP contribution in [0, 0.1) is 6.92 Å². The number of sulfonamides is 1. The van der Waals surface area contributed by atoms with Gasteiger partial charge in [0.05, 0.1) is 30.5 Å². The lowest BCUT2D eigenvalue weighted by molar-refractivity contribution is -0.141. The Balaban J connectivity index is 2.22. The highest BCUT2D eigenvalue weighted by molar-refractivity contribution is 7.89. The second kappa shape index (κ2) is 8.53. The van der Waals surface area contributed by atoms with E-state index in [0.29, 0.717) is 11.1 Å². The number of carbonyl (C=O) groups excluding carboxylic acids is 2. The van der Waals surface area contributed by atoms with E-state index < -0.39 is 28.1 Å². The van der Waals surface area contributed by atoms with E-state index in [4.69, 9.17) is 4.74 Å². The fourth-order valence-electron chi connectivity index (χ4n) is 3.82. The van der Waals surface area contributed by atoms with Gasteiger partial charge >= 0.3 is 5.97 Å². The van der Waals surface area contributed by atoms with Crippen LogP contribution in [0.4, 0.5) is 0 Å². The van der Waals surface area contributed by atoms with E-state index in [2.05, 4.69) is 6.58 Å². The van der Waals surface area contributed by atoms with Crippen LogP contribution < -0.4 is 0 Å². The maximum atomic E-state index is 13.7. The van der Waals surface area contributed by atoms with Crippen molar-refractivity contribution in [2.24, 2.45) is 0 Å². The van der Waals surface area contributed by atoms with Crippen LogP contribution in [0.2, 0.25) is 0 Å². The van der Waals surface area contributed by atoms with Gasteiger partial charge in [-0.3, -0.25) is 9.59 Å². The molecule has 2 aromatic rings. The third-order valence-corrected chi connectivity index (χ3v) is 7.29. The predicted molar refractivity (Wildman–Crippen MR) is 113 cm³/mol. The number of methoxy groups -OCH3 is 1. The molecule has 3 rings (SSSR count). The van der Waals surface area contributed by atoms with E-state index in [9.17, 15) is 18.0 Å². The van der Waals surface area contributed by atoms with Crippen LogP contribution >= 0.6 is 0 Å². The van der Waals surface area contributed by atoms with E-state index in [-0.39, 0.29) is 29.1 Å². The second-order valence-electron chi connectivity index (χ2n) is 7.28. The third kappa shape index (κ3) is 3.82. The number of esters is 1. The Morgan fingerprint density at radius 2 is 1.67 bits per heavy atom. The molecule has 1 aliphatic heterocycles. The third-order valence-electron chi connectivity index (χ3n) is 5.40. The number of ether oxygens (including phenoxy) is 1. The number of rotatable bonds is 7. The summed E-state index contributed by atoms with van der Waals surface area (Å²) in [6.07, 6.45) is 0.0420. The lowest BCUT2D eigenvalue weighted by Gasteiger charge is -2.30. The fourth-order valence-corrected chi connectivity index (χ4v) is 5.58. The zero-order chi connectivity index (χ0) is 22.1. The van der Waals surface area contributed by atoms with Crippen molar-refractivity contribution in [3.63, 3.8) is 0 Å². The van der Waals surface area contributed by atoms with Gasteiger partial charge in [0.15, 0.2) is 5.78 Å². The molecular weight excluding hydrogens is 402 g/mol. The molecule has 30 heavy (non-hydrogen) atoms. The number of hydrogen-bond acceptors (Lipinski definition) is 5. The molecule has 0 fully saturated rings. The molecule has 0 radical (unpaired) electrons. The lowest BCUT2D eigenvalue weighted by Crippen LogP contribution is -2.36. The molecule has 2 aromatic carbocycles. The topological polar surface area (TPSA) is 80.8 Å². The SMILES string of the molecule is C=C(C(=O)CC)[C@H]1c2ccccc2[C@@H](CC(=O)OC)N1S(=O)(=O)c1ccc(C)cc1. The Hall–Kier alpha value is -2.77. The number of hydrogen-bond donors (Lipinski definition) is 0. The van der Waals surface area contributed by atoms with Gasteiger partial charge in [-0.15, -0.1) is 0 Å². The predicted octanol–water partition coefficient (Wildman–Crippen LogP) is 3.88. The molecular formula is C23H25NO5S. The van der Waals surface area contributed by atoms with Crippen LogP contribution in [0.1, 0.15) is 48.5 Å². The molecule has 158 valence electrons. The highest BCUT2D eigenvalue weighted by atomic mass is 32.2. The highest BCUT2D eigenvalue weighted by Gasteiger charge is 2.48. The van der Waals surface area contributed by atoms with Crippen molar-refractivity contribution in [3.05, 3.63) is 77.4 Å². The van der Waals surface area contributed by atoms with E-state index >= 15 is 0 Å². The summed E-state index contributed by atoms with van der Waals surface area (Å²) < 4.78 is 33.6. The van der Waals surface area contributed by atoms with Crippen molar-refractivity contribution in [2.75, 3.05) is 7.11 Å². The molecule has 0 aromatic heterocycles. The summed E-state index contributed by atoms with van der Waals surface area (Å²) in [4.78, 5) is 24.8. The van der Waals surface area contributed by atoms with Crippen LogP contribution in [0.25, 0.3) is 0 Å². The maximum Gasteiger partial charge on any atom is 0.307 e. The largest absolute Gasteiger partial charge is 0.469 e. The first-order chi connectivity index (χ1) is 14.2. The van der Waals surface area contributed by atoms with E-state index in [1.54, 1.807) is 43.3 Å². The maximum absolute atomic E-state index is 13.7. The van der Waals surface area contributed by atoms with Crippen molar-refractivity contribution in [1.82, 2.24) is 4.31 Å². The first kappa shape index (κ1) is 21.9. The van der Waals surface area contributed by atoms with Crippen LogP contribution in [-0.2, 0) is 24.3 Å². The van der Waals surface area contributed by atoms with Gasteiger partial charge in [-0.25, -0.2) is 8.42 Å². The Morgan fingerprint density at radius 1 is 1.07 bits per heavy atom. The number of Topliss-reactive ketones (excluding diaryl/α,β-unsaturated/α-hetero) is 1. The summed E-state index contributed by atoms with van der Waals surface area (Å²) in [5, 5.41) is 0. The molecule has 6 nitrogen and oxygen atoms in total. The first-order valence-corrected chi connectivity index (χ1v) is 11.1. The average molecular weight is 428 g/mol. The molecule has 2 atom stereocenters. The molecule has 0 aliphatic carbocycles. The van der Waals surface area contributed by atoms with Gasteiger partial charge in [0.1, 0.15) is 0 Å². The van der Waals surface area contributed by atoms with Crippen LogP contribution in [0.3, 0.4) is 0 Å². The van der Waals surface area contributed by atoms with Crippen molar-refractivity contribution < 1.29 is 22.7 Å². The Labute approximate surface area is 177 Å². The number of aryl methyl sites for hydroxylation is 1. The zero-order valence-corrected chi connectivity index (χ0v) is 18.1. The summed E-state index contributed by atoms with van der Waals surface area (Å²) in [7, 11) is -2.79. The molecule has 0 saturated heterocycles. The quantitative estimate of drug-likeness (QED) is 0.495. The Bertz CT molecular complexity index is 1090. The fraction of sp³-hybridized carbons (Fsp3) is 0.304. The summed E-state index contributed by atoms with van der Waals surface area (Å²) in [6, 6.07) is 11.9. The number of nitrogens with zero attached hydrogens (tertiary/aromatic N) is 1. The highest BCUT2D eigenvalue weighted by Crippen LogP contribution is 2.50. The minimum absolute atomic E-state index is 0.0949. The molecule has 0 N–H and O–H groups in total. The molecule has 1 heterocycles. The van der Waals surface area contributed by atoms with Gasteiger partial charge in [-0.05, 0) is 30.2 Å². The number of fused-ring (bicyclic) bond motifs is 1. The summed E-state index contributed by atoms with van der Waals surface area (Å²) in [6.45, 7) is 7.52. The van der Waals surface area contributed by atoms with Crippen molar-refractivity contribution in [1.29, 1.82) is 0 Å². The van der Waals surface area contributed by atoms with E-state index in [1.807, 2.05) is 6.92 Å². The summed E-state index contributed by atoms with van der Waals surface area (Å²) in [5.41, 5.74) is 2.45. The van der Waals surface area contributed by atoms with Crippen molar-refractivity contribution >= 4 is 21.8 Å². The van der Waals surface area contributed by atoms with Gasteiger partial charge < -0.3 is 4.74 Å².